The van der Waals surface area contributed by atoms with Gasteiger partial charge in [-0.15, -0.1) is 11.8 Å². The maximum Gasteiger partial charge on any atom is 0.240 e. The van der Waals surface area contributed by atoms with Crippen molar-refractivity contribution in [2.24, 2.45) is 5.10 Å². The maximum absolute atomic E-state index is 12.8. The lowest BCUT2D eigenvalue weighted by atomic mass is 10.1. The van der Waals surface area contributed by atoms with Crippen LogP contribution >= 0.6 is 11.8 Å². The van der Waals surface area contributed by atoms with Crippen LogP contribution in [0.1, 0.15) is 18.9 Å². The number of nitrogens with one attached hydrogen (secondary N) is 1. The first-order valence-electron chi connectivity index (χ1n) is 7.97. The lowest BCUT2D eigenvalue weighted by molar-refractivity contribution is -0.120. The van der Waals surface area contributed by atoms with E-state index in [0.29, 0.717) is 29.4 Å². The molecule has 138 valence electrons. The van der Waals surface area contributed by atoms with Gasteiger partial charge in [0.25, 0.3) is 0 Å². The van der Waals surface area contributed by atoms with Gasteiger partial charge in [-0.25, -0.2) is 9.82 Å². The SMILES string of the molecule is COc1ccc(/C(C)=N\NC(=O)CCSc2ccc(F)cc2)cc1OC. The van der Waals surface area contributed by atoms with Crippen LogP contribution in [0, 0.1) is 5.82 Å². The van der Waals surface area contributed by atoms with Crippen LogP contribution in [0.15, 0.2) is 52.5 Å². The minimum atomic E-state index is -0.271. The number of rotatable bonds is 8. The predicted molar refractivity (Wildman–Crippen MR) is 102 cm³/mol. The first-order chi connectivity index (χ1) is 12.5. The first-order valence-corrected chi connectivity index (χ1v) is 8.96. The van der Waals surface area contributed by atoms with Crippen LogP contribution in [0.2, 0.25) is 0 Å². The fourth-order valence-corrected chi connectivity index (χ4v) is 2.97. The molecule has 1 N–H and O–H groups in total. The van der Waals surface area contributed by atoms with Gasteiger partial charge in [-0.05, 0) is 49.4 Å². The maximum atomic E-state index is 12.8. The van der Waals surface area contributed by atoms with Gasteiger partial charge >= 0.3 is 0 Å². The highest BCUT2D eigenvalue weighted by atomic mass is 32.2. The summed E-state index contributed by atoms with van der Waals surface area (Å²) in [5.74, 6) is 1.36. The van der Waals surface area contributed by atoms with Crippen LogP contribution < -0.4 is 14.9 Å². The highest BCUT2D eigenvalue weighted by molar-refractivity contribution is 7.99. The second kappa shape index (κ2) is 9.82. The molecule has 0 aliphatic heterocycles. The van der Waals surface area contributed by atoms with Crippen molar-refractivity contribution in [3.05, 3.63) is 53.8 Å². The monoisotopic (exact) mass is 376 g/mol. The quantitative estimate of drug-likeness (QED) is 0.432. The van der Waals surface area contributed by atoms with Crippen molar-refractivity contribution in [1.82, 2.24) is 5.43 Å². The largest absolute Gasteiger partial charge is 0.493 e. The van der Waals surface area contributed by atoms with Crippen LogP contribution in [-0.4, -0.2) is 31.6 Å². The number of methoxy groups -OCH3 is 2. The number of nitrogens with zero attached hydrogens (tertiary/aromatic N) is 1. The number of carbonyl (C=O) groups excluding carboxylic acids is 1. The molecule has 0 spiro atoms. The van der Waals surface area contributed by atoms with E-state index in [0.717, 1.165) is 10.5 Å². The fraction of sp³-hybridized carbons (Fsp3) is 0.263. The number of thioether (sulfide) groups is 1. The highest BCUT2D eigenvalue weighted by Gasteiger charge is 2.07. The standard InChI is InChI=1S/C19H21FN2O3S/c1-13(14-4-9-17(24-2)18(12-14)25-3)21-22-19(23)10-11-26-16-7-5-15(20)6-8-16/h4-9,12H,10-11H2,1-3H3,(H,22,23)/b21-13-. The lowest BCUT2D eigenvalue weighted by Crippen LogP contribution is -2.19. The molecule has 0 bridgehead atoms. The van der Waals surface area contributed by atoms with Gasteiger partial charge < -0.3 is 9.47 Å². The zero-order chi connectivity index (χ0) is 18.9. The molecule has 2 rings (SSSR count). The van der Waals surface area contributed by atoms with E-state index in [1.54, 1.807) is 45.4 Å². The second-order valence-corrected chi connectivity index (χ2v) is 6.52. The average Bonchev–Trinajstić information content (AvgIpc) is 2.67. The van der Waals surface area contributed by atoms with Crippen LogP contribution in [0.25, 0.3) is 0 Å². The predicted octanol–water partition coefficient (Wildman–Crippen LogP) is 3.87. The van der Waals surface area contributed by atoms with Gasteiger partial charge in [-0.2, -0.15) is 5.10 Å². The Balaban J connectivity index is 1.85. The Bertz CT molecular complexity index is 779. The van der Waals surface area contributed by atoms with E-state index in [1.807, 2.05) is 6.07 Å². The summed E-state index contributed by atoms with van der Waals surface area (Å²) in [4.78, 5) is 12.8. The summed E-state index contributed by atoms with van der Waals surface area (Å²) in [7, 11) is 3.14. The second-order valence-electron chi connectivity index (χ2n) is 5.35. The Kier molecular flexibility index (Phi) is 7.47. The molecule has 0 fully saturated rings. The topological polar surface area (TPSA) is 59.9 Å². The summed E-state index contributed by atoms with van der Waals surface area (Å²) < 4.78 is 23.3. The van der Waals surface area contributed by atoms with Crippen LogP contribution in [0.4, 0.5) is 4.39 Å². The van der Waals surface area contributed by atoms with Crippen molar-refractivity contribution in [3.63, 3.8) is 0 Å². The van der Waals surface area contributed by atoms with E-state index in [9.17, 15) is 9.18 Å². The van der Waals surface area contributed by atoms with E-state index in [-0.39, 0.29) is 11.7 Å². The summed E-state index contributed by atoms with van der Waals surface area (Å²) in [6.07, 6.45) is 0.310. The van der Waals surface area contributed by atoms with E-state index in [4.69, 9.17) is 9.47 Å². The Morgan fingerprint density at radius 1 is 1.12 bits per heavy atom. The average molecular weight is 376 g/mol. The van der Waals surface area contributed by atoms with Crippen LogP contribution in [0.5, 0.6) is 11.5 Å². The third-order valence-corrected chi connectivity index (χ3v) is 4.57. The van der Waals surface area contributed by atoms with Gasteiger partial charge in [-0.3, -0.25) is 4.79 Å². The minimum absolute atomic E-state index is 0.181. The molecule has 0 saturated carbocycles. The smallest absolute Gasteiger partial charge is 0.240 e. The summed E-state index contributed by atoms with van der Waals surface area (Å²) in [5, 5.41) is 4.12. The first kappa shape index (κ1) is 19.8. The number of hydrogen-bond acceptors (Lipinski definition) is 5. The minimum Gasteiger partial charge on any atom is -0.493 e. The van der Waals surface area contributed by atoms with E-state index in [1.165, 1.54) is 23.9 Å². The molecule has 0 radical (unpaired) electrons. The third-order valence-electron chi connectivity index (χ3n) is 3.56. The molecule has 0 heterocycles. The number of hydrogen-bond donors (Lipinski definition) is 1. The summed E-state index contributed by atoms with van der Waals surface area (Å²) in [6.45, 7) is 1.80. The highest BCUT2D eigenvalue weighted by Crippen LogP contribution is 2.27. The molecule has 0 saturated heterocycles. The van der Waals surface area contributed by atoms with Crippen LogP contribution in [-0.2, 0) is 4.79 Å². The molecule has 1 amide bonds. The molecule has 2 aromatic rings. The third kappa shape index (κ3) is 5.77. The number of halogens is 1. The lowest BCUT2D eigenvalue weighted by Gasteiger charge is -2.09. The van der Waals surface area contributed by atoms with Crippen molar-refractivity contribution in [2.45, 2.75) is 18.2 Å². The van der Waals surface area contributed by atoms with Gasteiger partial charge in [-0.1, -0.05) is 0 Å². The van der Waals surface area contributed by atoms with Crippen molar-refractivity contribution in [2.75, 3.05) is 20.0 Å². The van der Waals surface area contributed by atoms with Gasteiger partial charge in [0.1, 0.15) is 5.82 Å². The molecule has 0 aromatic heterocycles. The number of ether oxygens (including phenoxy) is 2. The molecule has 0 unspecified atom stereocenters. The van der Waals surface area contributed by atoms with Gasteiger partial charge in [0, 0.05) is 22.6 Å². The molecule has 7 heteroatoms. The fourth-order valence-electron chi connectivity index (χ4n) is 2.12. The van der Waals surface area contributed by atoms with Crippen LogP contribution in [0.3, 0.4) is 0 Å². The molecular weight excluding hydrogens is 355 g/mol. The van der Waals surface area contributed by atoms with Gasteiger partial charge in [0.05, 0.1) is 19.9 Å². The Labute approximate surface area is 156 Å². The van der Waals surface area contributed by atoms with Crippen molar-refractivity contribution < 1.29 is 18.7 Å². The molecule has 0 aliphatic rings. The molecule has 0 atom stereocenters. The Morgan fingerprint density at radius 3 is 2.46 bits per heavy atom. The number of hydrazone groups is 1. The summed E-state index contributed by atoms with van der Waals surface area (Å²) in [5.41, 5.74) is 4.03. The normalized spacial score (nSPS) is 11.2. The van der Waals surface area contributed by atoms with E-state index < -0.39 is 0 Å². The van der Waals surface area contributed by atoms with Gasteiger partial charge in [0.15, 0.2) is 11.5 Å². The zero-order valence-electron chi connectivity index (χ0n) is 14.9. The molecule has 26 heavy (non-hydrogen) atoms. The molecule has 2 aromatic carbocycles. The molecule has 5 nitrogen and oxygen atoms in total. The van der Waals surface area contributed by atoms with Crippen molar-refractivity contribution >= 4 is 23.4 Å². The number of benzene rings is 2. The molecule has 0 aliphatic carbocycles. The summed E-state index contributed by atoms with van der Waals surface area (Å²) in [6, 6.07) is 11.6. The van der Waals surface area contributed by atoms with Gasteiger partial charge in [0.2, 0.25) is 5.91 Å². The zero-order valence-corrected chi connectivity index (χ0v) is 15.7. The Morgan fingerprint density at radius 2 is 1.81 bits per heavy atom. The molecular formula is C19H21FN2O3S. The van der Waals surface area contributed by atoms with Crippen molar-refractivity contribution in [3.8, 4) is 11.5 Å². The van der Waals surface area contributed by atoms with Crippen molar-refractivity contribution in [1.29, 1.82) is 0 Å². The number of amides is 1. The van der Waals surface area contributed by atoms with E-state index >= 15 is 0 Å². The van der Waals surface area contributed by atoms with E-state index in [2.05, 4.69) is 10.5 Å². The number of carbonyl (C=O) groups is 1. The summed E-state index contributed by atoms with van der Waals surface area (Å²) >= 11 is 1.49. The Hall–Kier alpha value is -2.54.